The van der Waals surface area contributed by atoms with Gasteiger partial charge in [0.2, 0.25) is 0 Å². The lowest BCUT2D eigenvalue weighted by Gasteiger charge is -2.37. The van der Waals surface area contributed by atoms with E-state index in [2.05, 4.69) is 24.5 Å². The second-order valence-electron chi connectivity index (χ2n) is 6.62. The number of hydrogen-bond acceptors (Lipinski definition) is 2. The Hall–Kier alpha value is -0.860. The van der Waals surface area contributed by atoms with Crippen molar-refractivity contribution in [3.63, 3.8) is 0 Å². The van der Waals surface area contributed by atoms with Crippen molar-refractivity contribution in [2.45, 2.75) is 6.54 Å². The highest BCUT2D eigenvalue weighted by atomic mass is 127. The van der Waals surface area contributed by atoms with Crippen molar-refractivity contribution in [3.05, 3.63) is 63.6 Å². The Labute approximate surface area is 181 Å². The summed E-state index contributed by atoms with van der Waals surface area (Å²) in [6.07, 6.45) is 0. The molecule has 1 fully saturated rings. The summed E-state index contributed by atoms with van der Waals surface area (Å²) in [6, 6.07) is 12.8. The fraction of sp³-hybridized carbons (Fsp3) is 0.316. The zero-order chi connectivity index (χ0) is 17.9. The highest BCUT2D eigenvalue weighted by Crippen LogP contribution is 2.23. The van der Waals surface area contributed by atoms with Gasteiger partial charge in [0.15, 0.2) is 0 Å². The second-order valence-corrected chi connectivity index (χ2v) is 7.43. The lowest BCUT2D eigenvalue weighted by Crippen LogP contribution is -3.00. The molecule has 0 spiro atoms. The lowest BCUT2D eigenvalue weighted by molar-refractivity contribution is -0.929. The van der Waals surface area contributed by atoms with Crippen molar-refractivity contribution in [3.8, 4) is 0 Å². The molecule has 1 heterocycles. The monoisotopic (exact) mass is 506 g/mol. The van der Waals surface area contributed by atoms with E-state index in [1.165, 1.54) is 5.56 Å². The average molecular weight is 507 g/mol. The molecule has 0 atom stereocenters. The predicted octanol–water partition coefficient (Wildman–Crippen LogP) is 1.23. The van der Waals surface area contributed by atoms with Gasteiger partial charge in [-0.15, -0.1) is 0 Å². The topological polar surface area (TPSA) is 38.3 Å². The number of carbonyl (C=O) groups excluding carboxylic acids is 1. The van der Waals surface area contributed by atoms with Gasteiger partial charge in [-0.25, -0.2) is 0 Å². The first-order valence-electron chi connectivity index (χ1n) is 8.22. The highest BCUT2D eigenvalue weighted by Gasteiger charge is 2.25. The van der Waals surface area contributed by atoms with Gasteiger partial charge in [0.05, 0.1) is 30.3 Å². The van der Waals surface area contributed by atoms with Gasteiger partial charge in [-0.1, -0.05) is 35.3 Å². The maximum Gasteiger partial charge on any atom is 0.255 e. The van der Waals surface area contributed by atoms with E-state index in [4.69, 9.17) is 27.9 Å². The SMILES string of the molecule is C[N+]1(Cc2ccc(NC(=O)c3ccc(Cl)c(Cl)c3)cc2)CCOCC1.[I-]. The van der Waals surface area contributed by atoms with Crippen LogP contribution in [-0.4, -0.2) is 43.7 Å². The maximum absolute atomic E-state index is 12.3. The summed E-state index contributed by atoms with van der Waals surface area (Å²) in [5.41, 5.74) is 2.48. The number of anilines is 1. The van der Waals surface area contributed by atoms with Crippen LogP contribution in [0.2, 0.25) is 10.0 Å². The van der Waals surface area contributed by atoms with Crippen LogP contribution >= 0.6 is 23.2 Å². The van der Waals surface area contributed by atoms with Crippen LogP contribution in [0.5, 0.6) is 0 Å². The average Bonchev–Trinajstić information content (AvgIpc) is 2.59. The van der Waals surface area contributed by atoms with Crippen LogP contribution in [-0.2, 0) is 11.3 Å². The Morgan fingerprint density at radius 3 is 2.35 bits per heavy atom. The summed E-state index contributed by atoms with van der Waals surface area (Å²) in [4.78, 5) is 12.3. The highest BCUT2D eigenvalue weighted by molar-refractivity contribution is 6.42. The van der Waals surface area contributed by atoms with Gasteiger partial charge in [-0.3, -0.25) is 4.79 Å². The van der Waals surface area contributed by atoms with Crippen molar-refractivity contribution in [1.29, 1.82) is 0 Å². The molecular weight excluding hydrogens is 486 g/mol. The number of nitrogens with one attached hydrogen (secondary N) is 1. The quantitative estimate of drug-likeness (QED) is 0.500. The first kappa shape index (κ1) is 21.4. The number of rotatable bonds is 4. The van der Waals surface area contributed by atoms with E-state index in [0.29, 0.717) is 15.6 Å². The molecule has 2 aromatic rings. The number of ether oxygens (including phenoxy) is 1. The van der Waals surface area contributed by atoms with Crippen LogP contribution in [0.1, 0.15) is 15.9 Å². The molecule has 0 unspecified atom stereocenters. The van der Waals surface area contributed by atoms with Crippen LogP contribution in [0.25, 0.3) is 0 Å². The van der Waals surface area contributed by atoms with Crippen molar-refractivity contribution in [2.24, 2.45) is 0 Å². The molecule has 0 aromatic heterocycles. The lowest BCUT2D eigenvalue weighted by atomic mass is 10.1. The van der Waals surface area contributed by atoms with Crippen molar-refractivity contribution in [2.75, 3.05) is 38.7 Å². The Balaban J connectivity index is 0.00000243. The number of halogens is 3. The number of morpholine rings is 1. The zero-order valence-corrected chi connectivity index (χ0v) is 18.1. The third-order valence-corrected chi connectivity index (χ3v) is 5.25. The predicted molar refractivity (Wildman–Crippen MR) is 101 cm³/mol. The van der Waals surface area contributed by atoms with E-state index in [1.54, 1.807) is 18.2 Å². The molecule has 0 radical (unpaired) electrons. The number of amides is 1. The van der Waals surface area contributed by atoms with Gasteiger partial charge in [0, 0.05) is 16.8 Å². The van der Waals surface area contributed by atoms with Crippen LogP contribution < -0.4 is 29.3 Å². The van der Waals surface area contributed by atoms with Crippen molar-refractivity contribution < 1.29 is 38.0 Å². The Morgan fingerprint density at radius 1 is 1.08 bits per heavy atom. The third kappa shape index (κ3) is 5.57. The minimum absolute atomic E-state index is 0. The molecule has 0 saturated carbocycles. The number of carbonyl (C=O) groups is 1. The van der Waals surface area contributed by atoms with Crippen LogP contribution in [0.15, 0.2) is 42.5 Å². The molecule has 7 heteroatoms. The third-order valence-electron chi connectivity index (χ3n) is 4.51. The summed E-state index contributed by atoms with van der Waals surface area (Å²) in [7, 11) is 2.25. The van der Waals surface area contributed by atoms with E-state index in [-0.39, 0.29) is 29.9 Å². The number of nitrogens with zero attached hydrogens (tertiary/aromatic N) is 1. The van der Waals surface area contributed by atoms with Crippen molar-refractivity contribution >= 4 is 34.8 Å². The molecule has 4 nitrogen and oxygen atoms in total. The van der Waals surface area contributed by atoms with Gasteiger partial charge >= 0.3 is 0 Å². The van der Waals surface area contributed by atoms with Crippen LogP contribution in [0.4, 0.5) is 5.69 Å². The molecule has 1 N–H and O–H groups in total. The van der Waals surface area contributed by atoms with E-state index >= 15 is 0 Å². The molecule has 1 aliphatic rings. The smallest absolute Gasteiger partial charge is 0.255 e. The number of benzene rings is 2. The molecule has 0 bridgehead atoms. The minimum Gasteiger partial charge on any atom is -1.00 e. The molecule has 2 aromatic carbocycles. The summed E-state index contributed by atoms with van der Waals surface area (Å²) >= 11 is 11.8. The molecule has 1 amide bonds. The Morgan fingerprint density at radius 2 is 1.73 bits per heavy atom. The Bertz CT molecular complexity index is 763. The molecule has 3 rings (SSSR count). The van der Waals surface area contributed by atoms with E-state index < -0.39 is 0 Å². The zero-order valence-electron chi connectivity index (χ0n) is 14.5. The summed E-state index contributed by atoms with van der Waals surface area (Å²) in [6.45, 7) is 4.64. The summed E-state index contributed by atoms with van der Waals surface area (Å²) < 4.78 is 6.42. The van der Waals surface area contributed by atoms with Gasteiger partial charge in [0.25, 0.3) is 5.91 Å². The molecule has 140 valence electrons. The first-order chi connectivity index (χ1) is 12.0. The fourth-order valence-corrected chi connectivity index (χ4v) is 3.21. The standard InChI is InChI=1S/C19H20Cl2N2O2.HI/c1-23(8-10-25-11-9-23)13-14-2-5-16(6-3-14)22-19(24)15-4-7-17(20)18(21)12-15;/h2-7,12H,8-11,13H2,1H3;1H. The van der Waals surface area contributed by atoms with Crippen LogP contribution in [0, 0.1) is 0 Å². The van der Waals surface area contributed by atoms with Gasteiger partial charge in [-0.05, 0) is 30.3 Å². The number of hydrogen-bond donors (Lipinski definition) is 1. The van der Waals surface area contributed by atoms with E-state index in [1.807, 2.05) is 12.1 Å². The summed E-state index contributed by atoms with van der Waals surface area (Å²) in [5.74, 6) is -0.210. The minimum atomic E-state index is -0.210. The maximum atomic E-state index is 12.3. The molecular formula is C19H21Cl2IN2O2. The second kappa shape index (κ2) is 9.37. The van der Waals surface area contributed by atoms with Gasteiger partial charge in [0.1, 0.15) is 19.6 Å². The van der Waals surface area contributed by atoms with Crippen molar-refractivity contribution in [1.82, 2.24) is 0 Å². The molecule has 1 saturated heterocycles. The molecule has 0 aliphatic carbocycles. The van der Waals surface area contributed by atoms with Gasteiger partial charge < -0.3 is 38.5 Å². The number of likely N-dealkylation sites (N-methyl/N-ethyl adjacent to an activating group) is 1. The molecule has 1 aliphatic heterocycles. The largest absolute Gasteiger partial charge is 1.00 e. The molecule has 26 heavy (non-hydrogen) atoms. The van der Waals surface area contributed by atoms with E-state index in [0.717, 1.165) is 43.0 Å². The summed E-state index contributed by atoms with van der Waals surface area (Å²) in [5, 5.41) is 3.68. The Kier molecular flexibility index (Phi) is 7.73. The normalized spacial score (nSPS) is 15.8. The van der Waals surface area contributed by atoms with Gasteiger partial charge in [-0.2, -0.15) is 0 Å². The van der Waals surface area contributed by atoms with Crippen LogP contribution in [0.3, 0.4) is 0 Å². The first-order valence-corrected chi connectivity index (χ1v) is 8.97. The fourth-order valence-electron chi connectivity index (χ4n) is 2.92. The van der Waals surface area contributed by atoms with E-state index in [9.17, 15) is 4.79 Å². The number of quaternary nitrogens is 1.